The monoisotopic (exact) mass is 373 g/mol. The second-order valence-corrected chi connectivity index (χ2v) is 6.17. The highest BCUT2D eigenvalue weighted by Gasteiger charge is 2.25. The van der Waals surface area contributed by atoms with Crippen molar-refractivity contribution >= 4 is 17.7 Å². The van der Waals surface area contributed by atoms with Gasteiger partial charge in [0.05, 0.1) is 6.26 Å². The Balaban J connectivity index is 1.42. The molecule has 1 N–H and O–H groups in total. The Morgan fingerprint density at radius 2 is 1.78 bits per heavy atom. The minimum atomic E-state index is -0.453. The van der Waals surface area contributed by atoms with Crippen molar-refractivity contribution in [3.8, 4) is 0 Å². The van der Waals surface area contributed by atoms with Crippen LogP contribution in [0.15, 0.2) is 47.1 Å². The summed E-state index contributed by atoms with van der Waals surface area (Å²) in [5, 5.41) is 2.63. The largest absolute Gasteiger partial charge is 0.459 e. The van der Waals surface area contributed by atoms with E-state index in [-0.39, 0.29) is 36.4 Å². The fourth-order valence-electron chi connectivity index (χ4n) is 2.90. The number of halogens is 1. The summed E-state index contributed by atoms with van der Waals surface area (Å²) in [6, 6.07) is 8.74. The van der Waals surface area contributed by atoms with Crippen LogP contribution >= 0.6 is 0 Å². The lowest BCUT2D eigenvalue weighted by Gasteiger charge is -2.35. The van der Waals surface area contributed by atoms with Crippen LogP contribution in [0.2, 0.25) is 0 Å². The third-order valence-corrected chi connectivity index (χ3v) is 4.36. The Morgan fingerprint density at radius 3 is 2.44 bits per heavy atom. The van der Waals surface area contributed by atoms with Crippen molar-refractivity contribution in [3.63, 3.8) is 0 Å². The van der Waals surface area contributed by atoms with Gasteiger partial charge in [0, 0.05) is 44.7 Å². The number of hydrogen-bond donors (Lipinski definition) is 1. The van der Waals surface area contributed by atoms with Crippen LogP contribution < -0.4 is 5.32 Å². The summed E-state index contributed by atoms with van der Waals surface area (Å²) < 4.78 is 18.2. The van der Waals surface area contributed by atoms with Crippen LogP contribution in [0.3, 0.4) is 0 Å². The molecule has 3 amide bonds. The molecule has 27 heavy (non-hydrogen) atoms. The topological polar surface area (TPSA) is 82.9 Å². The van der Waals surface area contributed by atoms with Crippen molar-refractivity contribution in [2.45, 2.75) is 6.42 Å². The molecule has 1 aromatic carbocycles. The van der Waals surface area contributed by atoms with Crippen LogP contribution in [0.4, 0.5) is 4.39 Å². The molecule has 0 bridgehead atoms. The molecule has 0 saturated carbocycles. The van der Waals surface area contributed by atoms with Gasteiger partial charge in [-0.15, -0.1) is 0 Å². The summed E-state index contributed by atoms with van der Waals surface area (Å²) in [5.74, 6) is -0.948. The van der Waals surface area contributed by atoms with E-state index in [0.29, 0.717) is 31.7 Å². The summed E-state index contributed by atoms with van der Waals surface area (Å²) in [6.45, 7) is 1.80. The van der Waals surface area contributed by atoms with Gasteiger partial charge in [-0.25, -0.2) is 4.39 Å². The van der Waals surface area contributed by atoms with Gasteiger partial charge < -0.3 is 19.5 Å². The van der Waals surface area contributed by atoms with E-state index in [1.807, 2.05) is 0 Å². The van der Waals surface area contributed by atoms with Crippen molar-refractivity contribution in [2.75, 3.05) is 32.7 Å². The van der Waals surface area contributed by atoms with Crippen LogP contribution in [0.25, 0.3) is 0 Å². The quantitative estimate of drug-likeness (QED) is 0.862. The van der Waals surface area contributed by atoms with E-state index in [0.717, 1.165) is 0 Å². The van der Waals surface area contributed by atoms with E-state index >= 15 is 0 Å². The first-order valence-electron chi connectivity index (χ1n) is 8.69. The molecule has 0 atom stereocenters. The molecule has 1 aliphatic rings. The number of carbonyl (C=O) groups excluding carboxylic acids is 3. The fraction of sp³-hybridized carbons (Fsp3) is 0.316. The van der Waals surface area contributed by atoms with E-state index < -0.39 is 5.82 Å². The Bertz CT molecular complexity index is 814. The second kappa shape index (κ2) is 8.48. The molecule has 0 unspecified atom stereocenters. The van der Waals surface area contributed by atoms with E-state index in [2.05, 4.69) is 5.32 Å². The van der Waals surface area contributed by atoms with Gasteiger partial charge in [-0.2, -0.15) is 0 Å². The Morgan fingerprint density at radius 1 is 1.04 bits per heavy atom. The van der Waals surface area contributed by atoms with Gasteiger partial charge in [-0.1, -0.05) is 6.07 Å². The number of nitrogens with zero attached hydrogens (tertiary/aromatic N) is 2. The van der Waals surface area contributed by atoms with Crippen LogP contribution in [0.5, 0.6) is 0 Å². The molecule has 3 rings (SSSR count). The number of rotatable bonds is 5. The molecule has 7 nitrogen and oxygen atoms in total. The maximum absolute atomic E-state index is 13.3. The van der Waals surface area contributed by atoms with E-state index in [9.17, 15) is 18.8 Å². The summed E-state index contributed by atoms with van der Waals surface area (Å²) in [4.78, 5) is 39.7. The Hall–Kier alpha value is -3.16. The van der Waals surface area contributed by atoms with Gasteiger partial charge in [-0.3, -0.25) is 14.4 Å². The highest BCUT2D eigenvalue weighted by atomic mass is 19.1. The lowest BCUT2D eigenvalue weighted by Crippen LogP contribution is -2.51. The first-order valence-corrected chi connectivity index (χ1v) is 8.69. The summed E-state index contributed by atoms with van der Waals surface area (Å²) in [6.07, 6.45) is 1.58. The molecule has 142 valence electrons. The van der Waals surface area contributed by atoms with Gasteiger partial charge in [0.2, 0.25) is 5.91 Å². The fourth-order valence-corrected chi connectivity index (χ4v) is 2.90. The van der Waals surface area contributed by atoms with Gasteiger partial charge in [0.25, 0.3) is 11.8 Å². The highest BCUT2D eigenvalue weighted by molar-refractivity contribution is 5.94. The summed E-state index contributed by atoms with van der Waals surface area (Å²) in [5.41, 5.74) is 0.301. The van der Waals surface area contributed by atoms with Crippen LogP contribution in [0, 0.1) is 5.82 Å². The van der Waals surface area contributed by atoms with Gasteiger partial charge >= 0.3 is 0 Å². The van der Waals surface area contributed by atoms with Crippen LogP contribution in [0.1, 0.15) is 27.3 Å². The molecule has 8 heteroatoms. The molecule has 1 aliphatic heterocycles. The zero-order valence-corrected chi connectivity index (χ0v) is 14.7. The number of piperazine rings is 1. The zero-order chi connectivity index (χ0) is 19.2. The first-order chi connectivity index (χ1) is 13.0. The molecule has 1 aromatic heterocycles. The van der Waals surface area contributed by atoms with Crippen molar-refractivity contribution in [1.29, 1.82) is 0 Å². The molecule has 0 aliphatic carbocycles. The van der Waals surface area contributed by atoms with Crippen molar-refractivity contribution in [2.24, 2.45) is 0 Å². The summed E-state index contributed by atoms with van der Waals surface area (Å²) >= 11 is 0. The zero-order valence-electron chi connectivity index (χ0n) is 14.7. The Kier molecular flexibility index (Phi) is 5.85. The maximum Gasteiger partial charge on any atom is 0.286 e. The number of amides is 3. The Labute approximate surface area is 155 Å². The molecular formula is C19H20FN3O4. The standard InChI is InChI=1S/C19H20FN3O4/c20-15-4-1-3-14(13-15)19(26)23-10-8-22(9-11-23)17(24)6-7-21-18(25)16-5-2-12-27-16/h1-5,12-13H,6-11H2,(H,21,25). The van der Waals surface area contributed by atoms with E-state index in [4.69, 9.17) is 4.42 Å². The molecular weight excluding hydrogens is 353 g/mol. The summed E-state index contributed by atoms with van der Waals surface area (Å²) in [7, 11) is 0. The SMILES string of the molecule is O=C(NCCC(=O)N1CCN(C(=O)c2cccc(F)c2)CC1)c1ccco1. The predicted octanol–water partition coefficient (Wildman–Crippen LogP) is 1.52. The molecule has 2 aromatic rings. The molecule has 0 spiro atoms. The number of nitrogens with one attached hydrogen (secondary N) is 1. The predicted molar refractivity (Wildman–Crippen MR) is 94.5 cm³/mol. The molecule has 0 radical (unpaired) electrons. The van der Waals surface area contributed by atoms with Gasteiger partial charge in [0.15, 0.2) is 5.76 Å². The number of benzene rings is 1. The van der Waals surface area contributed by atoms with Crippen molar-refractivity contribution in [1.82, 2.24) is 15.1 Å². The van der Waals surface area contributed by atoms with Gasteiger partial charge in [0.1, 0.15) is 5.82 Å². The molecule has 1 saturated heterocycles. The minimum absolute atomic E-state index is 0.0902. The smallest absolute Gasteiger partial charge is 0.286 e. The normalized spacial score (nSPS) is 14.1. The van der Waals surface area contributed by atoms with E-state index in [1.54, 1.807) is 28.0 Å². The lowest BCUT2D eigenvalue weighted by molar-refractivity contribution is -0.132. The van der Waals surface area contributed by atoms with Crippen molar-refractivity contribution < 1.29 is 23.2 Å². The van der Waals surface area contributed by atoms with E-state index in [1.165, 1.54) is 24.5 Å². The molecule has 2 heterocycles. The number of hydrogen-bond acceptors (Lipinski definition) is 4. The minimum Gasteiger partial charge on any atom is -0.459 e. The van der Waals surface area contributed by atoms with Crippen molar-refractivity contribution in [3.05, 3.63) is 59.8 Å². The average molecular weight is 373 g/mol. The molecule has 1 fully saturated rings. The first kappa shape index (κ1) is 18.6. The average Bonchev–Trinajstić information content (AvgIpc) is 3.22. The number of furan rings is 1. The number of carbonyl (C=O) groups is 3. The lowest BCUT2D eigenvalue weighted by atomic mass is 10.1. The van der Waals surface area contributed by atoms with Crippen LogP contribution in [-0.2, 0) is 4.79 Å². The second-order valence-electron chi connectivity index (χ2n) is 6.17. The third kappa shape index (κ3) is 4.72. The third-order valence-electron chi connectivity index (χ3n) is 4.36. The highest BCUT2D eigenvalue weighted by Crippen LogP contribution is 2.11. The van der Waals surface area contributed by atoms with Crippen LogP contribution in [-0.4, -0.2) is 60.2 Å². The van der Waals surface area contributed by atoms with Gasteiger partial charge in [-0.05, 0) is 30.3 Å². The maximum atomic E-state index is 13.3.